The van der Waals surface area contributed by atoms with E-state index >= 15 is 0 Å². The normalized spacial score (nSPS) is 12.0. The fourth-order valence-electron chi connectivity index (χ4n) is 3.13. The topological polar surface area (TPSA) is 38.7 Å². The SMILES string of the molecule is CC(C)(C)c1ccc(COc2ccc(-c3ccc(OC(F)(F)F)cc3)cc2CO)cc1. The van der Waals surface area contributed by atoms with Crippen molar-refractivity contribution in [2.24, 2.45) is 0 Å². The van der Waals surface area contributed by atoms with Crippen molar-refractivity contribution in [2.45, 2.75) is 45.8 Å². The number of hydrogen-bond donors (Lipinski definition) is 1. The Morgan fingerprint density at radius 2 is 1.42 bits per heavy atom. The molecule has 31 heavy (non-hydrogen) atoms. The number of aliphatic hydroxyl groups is 1. The largest absolute Gasteiger partial charge is 0.573 e. The van der Waals surface area contributed by atoms with Gasteiger partial charge in [0.15, 0.2) is 0 Å². The molecule has 164 valence electrons. The summed E-state index contributed by atoms with van der Waals surface area (Å²) < 4.78 is 46.7. The molecule has 0 saturated heterocycles. The van der Waals surface area contributed by atoms with Crippen LogP contribution in [0.2, 0.25) is 0 Å². The fraction of sp³-hybridized carbons (Fsp3) is 0.280. The molecule has 6 heteroatoms. The molecule has 0 saturated carbocycles. The molecular formula is C25H25F3O3. The number of ether oxygens (including phenoxy) is 2. The molecule has 0 bridgehead atoms. The van der Waals surface area contributed by atoms with Crippen LogP contribution >= 0.6 is 0 Å². The molecule has 0 fully saturated rings. The molecule has 3 aromatic carbocycles. The van der Waals surface area contributed by atoms with Gasteiger partial charge in [0.2, 0.25) is 0 Å². The molecule has 0 radical (unpaired) electrons. The fourth-order valence-corrected chi connectivity index (χ4v) is 3.13. The van der Waals surface area contributed by atoms with Crippen molar-refractivity contribution in [3.05, 3.63) is 83.4 Å². The Morgan fingerprint density at radius 1 is 0.806 bits per heavy atom. The lowest BCUT2D eigenvalue weighted by Crippen LogP contribution is -2.16. The van der Waals surface area contributed by atoms with E-state index in [4.69, 9.17) is 4.74 Å². The van der Waals surface area contributed by atoms with Crippen molar-refractivity contribution in [3.8, 4) is 22.6 Å². The highest BCUT2D eigenvalue weighted by atomic mass is 19.4. The van der Waals surface area contributed by atoms with Crippen LogP contribution in [0.25, 0.3) is 11.1 Å². The zero-order valence-electron chi connectivity index (χ0n) is 17.7. The monoisotopic (exact) mass is 430 g/mol. The van der Waals surface area contributed by atoms with E-state index in [1.54, 1.807) is 18.2 Å². The quantitative estimate of drug-likeness (QED) is 0.478. The van der Waals surface area contributed by atoms with Crippen molar-refractivity contribution >= 4 is 0 Å². The minimum Gasteiger partial charge on any atom is -0.489 e. The Morgan fingerprint density at radius 3 is 1.97 bits per heavy atom. The standard InChI is InChI=1S/C25H25F3O3/c1-24(2,3)21-9-4-17(5-10-21)16-30-23-13-8-19(14-20(23)15-29)18-6-11-22(12-7-18)31-25(26,27)28/h4-14,29H,15-16H2,1-3H3. The summed E-state index contributed by atoms with van der Waals surface area (Å²) in [6, 6.07) is 19.1. The zero-order valence-corrected chi connectivity index (χ0v) is 17.7. The maximum Gasteiger partial charge on any atom is 0.573 e. The Bertz CT molecular complexity index is 1000. The third-order valence-corrected chi connectivity index (χ3v) is 4.87. The zero-order chi connectivity index (χ0) is 22.6. The Hall–Kier alpha value is -2.99. The van der Waals surface area contributed by atoms with E-state index in [0.717, 1.165) is 11.1 Å². The van der Waals surface area contributed by atoms with Crippen LogP contribution in [-0.2, 0) is 18.6 Å². The smallest absolute Gasteiger partial charge is 0.489 e. The molecule has 0 spiro atoms. The molecule has 3 aromatic rings. The summed E-state index contributed by atoms with van der Waals surface area (Å²) in [6.45, 7) is 6.61. The van der Waals surface area contributed by atoms with Crippen molar-refractivity contribution in [1.82, 2.24) is 0 Å². The van der Waals surface area contributed by atoms with Gasteiger partial charge in [-0.25, -0.2) is 0 Å². The second-order valence-corrected chi connectivity index (χ2v) is 8.29. The van der Waals surface area contributed by atoms with Crippen LogP contribution in [0.1, 0.15) is 37.5 Å². The average molecular weight is 430 g/mol. The minimum absolute atomic E-state index is 0.0797. The van der Waals surface area contributed by atoms with Crippen LogP contribution in [0.3, 0.4) is 0 Å². The predicted molar refractivity (Wildman–Crippen MR) is 114 cm³/mol. The van der Waals surface area contributed by atoms with Crippen LogP contribution in [0.15, 0.2) is 66.7 Å². The van der Waals surface area contributed by atoms with Gasteiger partial charge in [-0.1, -0.05) is 63.2 Å². The highest BCUT2D eigenvalue weighted by Crippen LogP contribution is 2.30. The molecule has 1 N–H and O–H groups in total. The summed E-state index contributed by atoms with van der Waals surface area (Å²) in [6.07, 6.45) is -4.72. The van der Waals surface area contributed by atoms with E-state index in [0.29, 0.717) is 23.5 Å². The highest BCUT2D eigenvalue weighted by molar-refractivity contribution is 5.66. The number of benzene rings is 3. The van der Waals surface area contributed by atoms with E-state index < -0.39 is 6.36 Å². The van der Waals surface area contributed by atoms with Crippen LogP contribution in [-0.4, -0.2) is 11.5 Å². The van der Waals surface area contributed by atoms with Crippen molar-refractivity contribution in [1.29, 1.82) is 0 Å². The van der Waals surface area contributed by atoms with E-state index in [1.165, 1.54) is 29.8 Å². The third-order valence-electron chi connectivity index (χ3n) is 4.87. The Kier molecular flexibility index (Phi) is 6.60. The molecule has 0 aliphatic rings. The maximum atomic E-state index is 12.3. The molecular weight excluding hydrogens is 405 g/mol. The van der Waals surface area contributed by atoms with Gasteiger partial charge in [-0.05, 0) is 51.9 Å². The lowest BCUT2D eigenvalue weighted by molar-refractivity contribution is -0.274. The van der Waals surface area contributed by atoms with Gasteiger partial charge in [0.1, 0.15) is 18.1 Å². The second-order valence-electron chi connectivity index (χ2n) is 8.29. The molecule has 0 heterocycles. The number of alkyl halides is 3. The van der Waals surface area contributed by atoms with E-state index in [1.807, 2.05) is 12.1 Å². The summed E-state index contributed by atoms with van der Waals surface area (Å²) in [5.41, 5.74) is 4.39. The van der Waals surface area contributed by atoms with Crippen molar-refractivity contribution in [2.75, 3.05) is 0 Å². The summed E-state index contributed by atoms with van der Waals surface area (Å²) in [7, 11) is 0. The first-order chi connectivity index (χ1) is 14.5. The van der Waals surface area contributed by atoms with Crippen LogP contribution in [0.5, 0.6) is 11.5 Å². The van der Waals surface area contributed by atoms with Gasteiger partial charge in [0, 0.05) is 5.56 Å². The molecule has 0 aliphatic heterocycles. The minimum atomic E-state index is -4.72. The first-order valence-corrected chi connectivity index (χ1v) is 9.87. The lowest BCUT2D eigenvalue weighted by Gasteiger charge is -2.19. The van der Waals surface area contributed by atoms with Crippen LogP contribution in [0.4, 0.5) is 13.2 Å². The highest BCUT2D eigenvalue weighted by Gasteiger charge is 2.31. The van der Waals surface area contributed by atoms with E-state index in [-0.39, 0.29) is 17.8 Å². The van der Waals surface area contributed by atoms with E-state index in [2.05, 4.69) is 37.6 Å². The second kappa shape index (κ2) is 9.02. The summed E-state index contributed by atoms with van der Waals surface area (Å²) in [5, 5.41) is 9.76. The maximum absolute atomic E-state index is 12.3. The number of hydrogen-bond acceptors (Lipinski definition) is 3. The summed E-state index contributed by atoms with van der Waals surface area (Å²) in [5.74, 6) is 0.277. The third kappa shape index (κ3) is 6.25. The van der Waals surface area contributed by atoms with Crippen LogP contribution < -0.4 is 9.47 Å². The van der Waals surface area contributed by atoms with Crippen molar-refractivity contribution < 1.29 is 27.8 Å². The molecule has 3 rings (SSSR count). The number of aliphatic hydroxyl groups excluding tert-OH is 1. The van der Waals surface area contributed by atoms with Gasteiger partial charge < -0.3 is 14.6 Å². The summed E-state index contributed by atoms with van der Waals surface area (Å²) >= 11 is 0. The molecule has 0 aromatic heterocycles. The first-order valence-electron chi connectivity index (χ1n) is 9.87. The molecule has 0 unspecified atom stereocenters. The molecule has 3 nitrogen and oxygen atoms in total. The Balaban J connectivity index is 1.71. The summed E-state index contributed by atoms with van der Waals surface area (Å²) in [4.78, 5) is 0. The van der Waals surface area contributed by atoms with Gasteiger partial charge in [-0.15, -0.1) is 13.2 Å². The van der Waals surface area contributed by atoms with Gasteiger partial charge in [-0.2, -0.15) is 0 Å². The van der Waals surface area contributed by atoms with Crippen LogP contribution in [0, 0.1) is 0 Å². The van der Waals surface area contributed by atoms with Gasteiger partial charge in [-0.3, -0.25) is 0 Å². The predicted octanol–water partition coefficient (Wildman–Crippen LogP) is 6.62. The average Bonchev–Trinajstić information content (AvgIpc) is 2.71. The van der Waals surface area contributed by atoms with Gasteiger partial charge in [0.25, 0.3) is 0 Å². The number of halogens is 3. The van der Waals surface area contributed by atoms with Gasteiger partial charge in [0.05, 0.1) is 6.61 Å². The van der Waals surface area contributed by atoms with Gasteiger partial charge >= 0.3 is 6.36 Å². The molecule has 0 amide bonds. The first kappa shape index (κ1) is 22.7. The molecule has 0 atom stereocenters. The Labute approximate surface area is 180 Å². The number of rotatable bonds is 6. The lowest BCUT2D eigenvalue weighted by atomic mass is 9.87. The molecule has 0 aliphatic carbocycles. The van der Waals surface area contributed by atoms with E-state index in [9.17, 15) is 18.3 Å². The van der Waals surface area contributed by atoms with Crippen molar-refractivity contribution in [3.63, 3.8) is 0 Å².